The third-order valence-corrected chi connectivity index (χ3v) is 4.88. The normalized spacial score (nSPS) is 15.2. The lowest BCUT2D eigenvalue weighted by molar-refractivity contribution is -0.117. The van der Waals surface area contributed by atoms with E-state index in [0.29, 0.717) is 38.5 Å². The SMILES string of the molecule is CSc1ccc(NC(=O)CN2CCN(C(=O)c3ccco3)CC2)cc1. The molecule has 6 nitrogen and oxygen atoms in total. The minimum atomic E-state index is -0.0945. The van der Waals surface area contributed by atoms with Crippen LogP contribution in [0, 0.1) is 0 Å². The van der Waals surface area contributed by atoms with Crippen molar-refractivity contribution in [2.24, 2.45) is 0 Å². The van der Waals surface area contributed by atoms with Crippen molar-refractivity contribution < 1.29 is 14.0 Å². The number of benzene rings is 1. The number of amides is 2. The summed E-state index contributed by atoms with van der Waals surface area (Å²) in [6.45, 7) is 2.86. The van der Waals surface area contributed by atoms with Crippen LogP contribution < -0.4 is 5.32 Å². The van der Waals surface area contributed by atoms with E-state index in [-0.39, 0.29) is 11.8 Å². The van der Waals surface area contributed by atoms with E-state index in [2.05, 4.69) is 10.2 Å². The van der Waals surface area contributed by atoms with Gasteiger partial charge < -0.3 is 14.6 Å². The van der Waals surface area contributed by atoms with Gasteiger partial charge in [0.15, 0.2) is 5.76 Å². The number of hydrogen-bond acceptors (Lipinski definition) is 5. The molecule has 0 aliphatic carbocycles. The van der Waals surface area contributed by atoms with Crippen molar-refractivity contribution in [2.75, 3.05) is 44.3 Å². The number of carbonyl (C=O) groups is 2. The number of carbonyl (C=O) groups excluding carboxylic acids is 2. The van der Waals surface area contributed by atoms with Crippen LogP contribution in [0.4, 0.5) is 5.69 Å². The molecule has 0 bridgehead atoms. The average molecular weight is 359 g/mol. The lowest BCUT2D eigenvalue weighted by Gasteiger charge is -2.33. The zero-order chi connectivity index (χ0) is 17.6. The molecule has 25 heavy (non-hydrogen) atoms. The van der Waals surface area contributed by atoms with Gasteiger partial charge in [-0.3, -0.25) is 14.5 Å². The van der Waals surface area contributed by atoms with Gasteiger partial charge in [0.2, 0.25) is 5.91 Å². The molecule has 1 aromatic heterocycles. The van der Waals surface area contributed by atoms with Gasteiger partial charge in [-0.15, -0.1) is 11.8 Å². The number of hydrogen-bond donors (Lipinski definition) is 1. The Kier molecular flexibility index (Phi) is 5.78. The Morgan fingerprint density at radius 3 is 2.44 bits per heavy atom. The third-order valence-electron chi connectivity index (χ3n) is 4.13. The number of furan rings is 1. The van der Waals surface area contributed by atoms with Crippen LogP contribution in [0.1, 0.15) is 10.6 Å². The van der Waals surface area contributed by atoms with Crippen molar-refractivity contribution >= 4 is 29.3 Å². The molecular weight excluding hydrogens is 338 g/mol. The van der Waals surface area contributed by atoms with Crippen molar-refractivity contribution in [3.8, 4) is 0 Å². The Balaban J connectivity index is 1.45. The van der Waals surface area contributed by atoms with Crippen molar-refractivity contribution in [1.29, 1.82) is 0 Å². The van der Waals surface area contributed by atoms with Crippen molar-refractivity contribution in [3.05, 3.63) is 48.4 Å². The number of rotatable bonds is 5. The smallest absolute Gasteiger partial charge is 0.289 e. The van der Waals surface area contributed by atoms with Gasteiger partial charge in [-0.25, -0.2) is 0 Å². The second kappa shape index (κ2) is 8.22. The van der Waals surface area contributed by atoms with Crippen LogP contribution in [0.5, 0.6) is 0 Å². The maximum absolute atomic E-state index is 12.2. The molecule has 132 valence electrons. The van der Waals surface area contributed by atoms with E-state index in [1.807, 2.05) is 30.5 Å². The van der Waals surface area contributed by atoms with E-state index in [9.17, 15) is 9.59 Å². The molecule has 3 rings (SSSR count). The van der Waals surface area contributed by atoms with Gasteiger partial charge in [0.25, 0.3) is 5.91 Å². The summed E-state index contributed by atoms with van der Waals surface area (Å²) >= 11 is 1.67. The van der Waals surface area contributed by atoms with Crippen LogP contribution in [-0.4, -0.2) is 60.6 Å². The first kappa shape index (κ1) is 17.6. The molecule has 0 unspecified atom stereocenters. The minimum absolute atomic E-state index is 0.0392. The van der Waals surface area contributed by atoms with Gasteiger partial charge in [-0.2, -0.15) is 0 Å². The number of thioether (sulfide) groups is 1. The fourth-order valence-electron chi connectivity index (χ4n) is 2.74. The van der Waals surface area contributed by atoms with Gasteiger partial charge in [-0.05, 0) is 42.7 Å². The summed E-state index contributed by atoms with van der Waals surface area (Å²) in [5.74, 6) is 0.227. The lowest BCUT2D eigenvalue weighted by Crippen LogP contribution is -2.50. The highest BCUT2D eigenvalue weighted by Gasteiger charge is 2.24. The molecule has 0 radical (unpaired) electrons. The predicted molar refractivity (Wildman–Crippen MR) is 97.9 cm³/mol. The Labute approximate surface area is 151 Å². The molecule has 1 saturated heterocycles. The molecule has 7 heteroatoms. The van der Waals surface area contributed by atoms with Gasteiger partial charge >= 0.3 is 0 Å². The first-order valence-electron chi connectivity index (χ1n) is 8.15. The van der Waals surface area contributed by atoms with Gasteiger partial charge in [0, 0.05) is 36.8 Å². The molecule has 1 N–H and O–H groups in total. The van der Waals surface area contributed by atoms with Crippen molar-refractivity contribution in [1.82, 2.24) is 9.80 Å². The molecular formula is C18H21N3O3S. The Hall–Kier alpha value is -2.25. The molecule has 1 fully saturated rings. The summed E-state index contributed by atoms with van der Waals surface area (Å²) in [5.41, 5.74) is 0.800. The maximum Gasteiger partial charge on any atom is 0.289 e. The van der Waals surface area contributed by atoms with Crippen LogP contribution in [0.25, 0.3) is 0 Å². The fraction of sp³-hybridized carbons (Fsp3) is 0.333. The lowest BCUT2D eigenvalue weighted by atomic mass is 10.2. The van der Waals surface area contributed by atoms with Crippen molar-refractivity contribution in [3.63, 3.8) is 0 Å². The second-order valence-corrected chi connectivity index (χ2v) is 6.70. The highest BCUT2D eigenvalue weighted by atomic mass is 32.2. The maximum atomic E-state index is 12.2. The molecule has 1 aromatic carbocycles. The van der Waals surface area contributed by atoms with Crippen molar-refractivity contribution in [2.45, 2.75) is 4.90 Å². The average Bonchev–Trinajstić information content (AvgIpc) is 3.17. The molecule has 0 spiro atoms. The standard InChI is InChI=1S/C18H21N3O3S/c1-25-15-6-4-14(5-7-15)19-17(22)13-20-8-10-21(11-9-20)18(23)16-3-2-12-24-16/h2-7,12H,8-11,13H2,1H3,(H,19,22). The molecule has 1 aliphatic heterocycles. The molecule has 0 saturated carbocycles. The highest BCUT2D eigenvalue weighted by molar-refractivity contribution is 7.98. The van der Waals surface area contributed by atoms with Crippen LogP contribution in [-0.2, 0) is 4.79 Å². The summed E-state index contributed by atoms with van der Waals surface area (Å²) in [7, 11) is 0. The molecule has 2 heterocycles. The van der Waals surface area contributed by atoms with Crippen LogP contribution in [0.15, 0.2) is 52.0 Å². The second-order valence-electron chi connectivity index (χ2n) is 5.82. The number of nitrogens with zero attached hydrogens (tertiary/aromatic N) is 2. The molecule has 2 amide bonds. The van der Waals surface area contributed by atoms with Crippen LogP contribution >= 0.6 is 11.8 Å². The predicted octanol–water partition coefficient (Wildman–Crippen LogP) is 2.40. The monoisotopic (exact) mass is 359 g/mol. The Morgan fingerprint density at radius 1 is 1.12 bits per heavy atom. The molecule has 0 atom stereocenters. The zero-order valence-electron chi connectivity index (χ0n) is 14.1. The van der Waals surface area contributed by atoms with E-state index in [1.165, 1.54) is 6.26 Å². The summed E-state index contributed by atoms with van der Waals surface area (Å²) in [6.07, 6.45) is 3.52. The van der Waals surface area contributed by atoms with Crippen LogP contribution in [0.3, 0.4) is 0 Å². The Bertz CT molecular complexity index is 708. The van der Waals surface area contributed by atoms with E-state index in [4.69, 9.17) is 4.42 Å². The van der Waals surface area contributed by atoms with Gasteiger partial charge in [0.05, 0.1) is 12.8 Å². The summed E-state index contributed by atoms with van der Waals surface area (Å²) < 4.78 is 5.15. The van der Waals surface area contributed by atoms with E-state index in [0.717, 1.165) is 10.6 Å². The quantitative estimate of drug-likeness (QED) is 0.831. The van der Waals surface area contributed by atoms with Crippen LogP contribution in [0.2, 0.25) is 0 Å². The van der Waals surface area contributed by atoms with E-state index < -0.39 is 0 Å². The number of nitrogens with one attached hydrogen (secondary N) is 1. The molecule has 1 aliphatic rings. The first-order chi connectivity index (χ1) is 12.2. The summed E-state index contributed by atoms with van der Waals surface area (Å²) in [5, 5.41) is 2.91. The summed E-state index contributed by atoms with van der Waals surface area (Å²) in [6, 6.07) is 11.2. The summed E-state index contributed by atoms with van der Waals surface area (Å²) in [4.78, 5) is 29.4. The third kappa shape index (κ3) is 4.64. The van der Waals surface area contributed by atoms with Gasteiger partial charge in [-0.1, -0.05) is 0 Å². The van der Waals surface area contributed by atoms with E-state index >= 15 is 0 Å². The fourth-order valence-corrected chi connectivity index (χ4v) is 3.15. The Morgan fingerprint density at radius 2 is 1.84 bits per heavy atom. The number of piperazine rings is 1. The molecule has 2 aromatic rings. The topological polar surface area (TPSA) is 65.8 Å². The number of anilines is 1. The largest absolute Gasteiger partial charge is 0.459 e. The first-order valence-corrected chi connectivity index (χ1v) is 9.37. The van der Waals surface area contributed by atoms with Gasteiger partial charge in [0.1, 0.15) is 0 Å². The zero-order valence-corrected chi connectivity index (χ0v) is 14.9. The minimum Gasteiger partial charge on any atom is -0.459 e. The van der Waals surface area contributed by atoms with E-state index in [1.54, 1.807) is 28.8 Å². The highest BCUT2D eigenvalue weighted by Crippen LogP contribution is 2.17.